The molecule has 1 unspecified atom stereocenters. The molecule has 0 saturated carbocycles. The topological polar surface area (TPSA) is 70.0 Å². The summed E-state index contributed by atoms with van der Waals surface area (Å²) in [4.78, 5) is 10.0. The Bertz CT molecular complexity index is 116. The summed E-state index contributed by atoms with van der Waals surface area (Å²) in [7, 11) is 1.44. The van der Waals surface area contributed by atoms with Crippen molar-refractivity contribution in [2.75, 3.05) is 13.7 Å². The monoisotopic (exact) mass is 149 g/mol. The predicted molar refractivity (Wildman–Crippen MR) is 33.0 cm³/mol. The summed E-state index contributed by atoms with van der Waals surface area (Å²) in [6.07, 6.45) is -1.37. The maximum atomic E-state index is 10.0. The summed E-state index contributed by atoms with van der Waals surface area (Å²) in [5, 5.41) is 17.1. The second-order valence-electron chi connectivity index (χ2n) is 1.93. The van der Waals surface area contributed by atoms with Gasteiger partial charge in [0.25, 0.3) is 0 Å². The minimum Gasteiger partial charge on any atom is -0.463 e. The van der Waals surface area contributed by atoms with Gasteiger partial charge in [0.2, 0.25) is 0 Å². The molecular weight excluding hydrogens is 138 g/mol. The molecule has 0 radical (unpaired) electrons. The Kier molecular flexibility index (Phi) is 3.75. The maximum Gasteiger partial charge on any atom is 0.431 e. The van der Waals surface area contributed by atoms with Crippen LogP contribution in [0.15, 0.2) is 0 Å². The number of carboxylic acid groups (broad SMARTS) is 1. The molecule has 0 spiro atoms. The van der Waals surface area contributed by atoms with Crippen LogP contribution in [0.5, 0.6) is 0 Å². The highest BCUT2D eigenvalue weighted by Gasteiger charge is 2.15. The van der Waals surface area contributed by atoms with E-state index < -0.39 is 12.1 Å². The van der Waals surface area contributed by atoms with Crippen LogP contribution in [-0.4, -0.2) is 41.2 Å². The van der Waals surface area contributed by atoms with Gasteiger partial charge in [-0.25, -0.2) is 4.79 Å². The molecule has 0 heterocycles. The van der Waals surface area contributed by atoms with E-state index in [2.05, 4.69) is 4.74 Å². The molecule has 0 saturated heterocycles. The lowest BCUT2D eigenvalue weighted by Gasteiger charge is -2.17. The number of rotatable bonds is 3. The zero-order valence-corrected chi connectivity index (χ0v) is 5.94. The molecule has 0 rings (SSSR count). The van der Waals surface area contributed by atoms with Crippen LogP contribution in [0.2, 0.25) is 0 Å². The van der Waals surface area contributed by atoms with Crippen molar-refractivity contribution < 1.29 is 19.8 Å². The third-order valence-corrected chi connectivity index (χ3v) is 1.02. The molecule has 0 bridgehead atoms. The second kappa shape index (κ2) is 4.08. The van der Waals surface area contributed by atoms with Crippen LogP contribution in [0, 0.1) is 0 Å². The lowest BCUT2D eigenvalue weighted by atomic mass is 10.4. The number of hydrogen-bond donors (Lipinski definition) is 2. The normalized spacial score (nSPS) is 12.7. The lowest BCUT2D eigenvalue weighted by Crippen LogP contribution is -2.37. The van der Waals surface area contributed by atoms with Crippen LogP contribution in [0.1, 0.15) is 6.92 Å². The summed E-state index contributed by atoms with van der Waals surface area (Å²) in [6.45, 7) is 1.72. The SMILES string of the molecule is COCC(C)N(O)C(=O)O. The Morgan fingerprint density at radius 2 is 2.30 bits per heavy atom. The summed E-state index contributed by atoms with van der Waals surface area (Å²) in [6, 6.07) is -0.525. The Morgan fingerprint density at radius 1 is 1.80 bits per heavy atom. The van der Waals surface area contributed by atoms with Crippen LogP contribution in [0.4, 0.5) is 4.79 Å². The van der Waals surface area contributed by atoms with Crippen molar-refractivity contribution in [2.45, 2.75) is 13.0 Å². The number of amides is 1. The van der Waals surface area contributed by atoms with Crippen LogP contribution in [-0.2, 0) is 4.74 Å². The number of ether oxygens (including phenoxy) is 1. The fraction of sp³-hybridized carbons (Fsp3) is 0.800. The van der Waals surface area contributed by atoms with E-state index in [-0.39, 0.29) is 11.7 Å². The predicted octanol–water partition coefficient (Wildman–Crippen LogP) is 0.391. The van der Waals surface area contributed by atoms with Crippen molar-refractivity contribution in [1.29, 1.82) is 0 Å². The van der Waals surface area contributed by atoms with Gasteiger partial charge in [0.15, 0.2) is 0 Å². The number of carbonyl (C=O) groups is 1. The van der Waals surface area contributed by atoms with Gasteiger partial charge in [0.05, 0.1) is 12.6 Å². The largest absolute Gasteiger partial charge is 0.463 e. The molecule has 0 aromatic rings. The first kappa shape index (κ1) is 9.19. The number of nitrogens with zero attached hydrogens (tertiary/aromatic N) is 1. The summed E-state index contributed by atoms with van der Waals surface area (Å²) in [5.41, 5.74) is 0. The van der Waals surface area contributed by atoms with Crippen LogP contribution < -0.4 is 0 Å². The molecule has 5 heteroatoms. The first-order chi connectivity index (χ1) is 4.59. The van der Waals surface area contributed by atoms with E-state index in [0.717, 1.165) is 0 Å². The molecule has 0 aliphatic heterocycles. The second-order valence-corrected chi connectivity index (χ2v) is 1.93. The van der Waals surface area contributed by atoms with Gasteiger partial charge < -0.3 is 9.84 Å². The zero-order valence-electron chi connectivity index (χ0n) is 5.94. The van der Waals surface area contributed by atoms with Crippen LogP contribution >= 0.6 is 0 Å². The molecule has 1 atom stereocenters. The molecule has 1 amide bonds. The van der Waals surface area contributed by atoms with Crippen molar-refractivity contribution in [2.24, 2.45) is 0 Å². The standard InChI is InChI=1S/C5H11NO4/c1-4(3-10-2)6(9)5(7)8/h4,9H,3H2,1-2H3,(H,7,8). The van der Waals surface area contributed by atoms with E-state index in [1.165, 1.54) is 14.0 Å². The fourth-order valence-corrected chi connectivity index (χ4v) is 0.500. The Labute approximate surface area is 58.8 Å². The quantitative estimate of drug-likeness (QED) is 0.450. The summed E-state index contributed by atoms with van der Waals surface area (Å²) < 4.78 is 4.61. The lowest BCUT2D eigenvalue weighted by molar-refractivity contribution is -0.105. The van der Waals surface area contributed by atoms with Gasteiger partial charge in [-0.15, -0.1) is 0 Å². The zero-order chi connectivity index (χ0) is 8.15. The van der Waals surface area contributed by atoms with E-state index in [1.807, 2.05) is 0 Å². The highest BCUT2D eigenvalue weighted by atomic mass is 16.6. The number of hydroxylamine groups is 2. The number of hydrogen-bond acceptors (Lipinski definition) is 3. The Balaban J connectivity index is 3.69. The average molecular weight is 149 g/mol. The van der Waals surface area contributed by atoms with E-state index in [0.29, 0.717) is 0 Å². The first-order valence-electron chi connectivity index (χ1n) is 2.79. The van der Waals surface area contributed by atoms with Crippen molar-refractivity contribution >= 4 is 6.09 Å². The van der Waals surface area contributed by atoms with E-state index in [1.54, 1.807) is 0 Å². The van der Waals surface area contributed by atoms with Crippen molar-refractivity contribution in [3.63, 3.8) is 0 Å². The van der Waals surface area contributed by atoms with E-state index in [9.17, 15) is 4.79 Å². The van der Waals surface area contributed by atoms with Gasteiger partial charge in [-0.05, 0) is 6.92 Å². The molecule has 5 nitrogen and oxygen atoms in total. The average Bonchev–Trinajstić information content (AvgIpc) is 1.87. The highest BCUT2D eigenvalue weighted by molar-refractivity contribution is 5.63. The van der Waals surface area contributed by atoms with Crippen LogP contribution in [0.25, 0.3) is 0 Å². The molecule has 0 aliphatic rings. The first-order valence-corrected chi connectivity index (χ1v) is 2.79. The molecule has 60 valence electrons. The van der Waals surface area contributed by atoms with E-state index >= 15 is 0 Å². The Hall–Kier alpha value is -0.810. The maximum absolute atomic E-state index is 10.0. The van der Waals surface area contributed by atoms with Gasteiger partial charge in [-0.3, -0.25) is 5.21 Å². The molecular formula is C5H11NO4. The van der Waals surface area contributed by atoms with Gasteiger partial charge in [-0.1, -0.05) is 0 Å². The molecule has 2 N–H and O–H groups in total. The Morgan fingerprint density at radius 3 is 2.60 bits per heavy atom. The van der Waals surface area contributed by atoms with Gasteiger partial charge in [0, 0.05) is 7.11 Å². The highest BCUT2D eigenvalue weighted by Crippen LogP contribution is 1.94. The van der Waals surface area contributed by atoms with Crippen molar-refractivity contribution in [1.82, 2.24) is 5.06 Å². The van der Waals surface area contributed by atoms with Crippen LogP contribution in [0.3, 0.4) is 0 Å². The van der Waals surface area contributed by atoms with Crippen molar-refractivity contribution in [3.8, 4) is 0 Å². The summed E-state index contributed by atoms with van der Waals surface area (Å²) in [5.74, 6) is 0. The smallest absolute Gasteiger partial charge is 0.431 e. The van der Waals surface area contributed by atoms with Crippen molar-refractivity contribution in [3.05, 3.63) is 0 Å². The van der Waals surface area contributed by atoms with E-state index in [4.69, 9.17) is 10.3 Å². The van der Waals surface area contributed by atoms with Gasteiger partial charge >= 0.3 is 6.09 Å². The molecule has 0 fully saturated rings. The fourth-order valence-electron chi connectivity index (χ4n) is 0.500. The molecule has 0 aliphatic carbocycles. The third kappa shape index (κ3) is 2.65. The van der Waals surface area contributed by atoms with Gasteiger partial charge in [0.1, 0.15) is 0 Å². The minimum absolute atomic E-state index is 0.183. The van der Waals surface area contributed by atoms with Gasteiger partial charge in [-0.2, -0.15) is 5.06 Å². The minimum atomic E-state index is -1.37. The molecule has 0 aromatic carbocycles. The number of methoxy groups -OCH3 is 1. The third-order valence-electron chi connectivity index (χ3n) is 1.02. The molecule has 0 aromatic heterocycles. The summed E-state index contributed by atoms with van der Waals surface area (Å²) >= 11 is 0. The molecule has 10 heavy (non-hydrogen) atoms.